The van der Waals surface area contributed by atoms with E-state index in [2.05, 4.69) is 71.3 Å². The predicted octanol–water partition coefficient (Wildman–Crippen LogP) is 5.12. The molecule has 34 heavy (non-hydrogen) atoms. The van der Waals surface area contributed by atoms with Crippen molar-refractivity contribution in [3.8, 4) is 34.2 Å². The summed E-state index contributed by atoms with van der Waals surface area (Å²) in [5, 5.41) is 6.02. The summed E-state index contributed by atoms with van der Waals surface area (Å²) in [6.45, 7) is 1.75. The summed E-state index contributed by atoms with van der Waals surface area (Å²) in [7, 11) is 4.14. The van der Waals surface area contributed by atoms with Gasteiger partial charge >= 0.3 is 0 Å². The molecule has 0 bridgehead atoms. The topological polar surface area (TPSA) is 46.8 Å². The fourth-order valence-corrected chi connectivity index (χ4v) is 3.78. The number of rotatable bonds is 5. The van der Waals surface area contributed by atoms with Crippen LogP contribution >= 0.6 is 0 Å². The van der Waals surface area contributed by atoms with Gasteiger partial charge in [-0.05, 0) is 62.0 Å². The van der Waals surface area contributed by atoms with Crippen molar-refractivity contribution in [3.05, 3.63) is 103 Å². The molecule has 0 saturated carbocycles. The summed E-state index contributed by atoms with van der Waals surface area (Å²) >= 11 is 0. The van der Waals surface area contributed by atoms with Gasteiger partial charge in [0.1, 0.15) is 11.4 Å². The van der Waals surface area contributed by atoms with Crippen LogP contribution in [0.4, 0.5) is 0 Å². The minimum absolute atomic E-state index is 0.766. The summed E-state index contributed by atoms with van der Waals surface area (Å²) < 4.78 is 2.02. The molecular formula is C29H25N5. The smallest absolute Gasteiger partial charge is 0.114 e. The highest BCUT2D eigenvalue weighted by molar-refractivity contribution is 5.81. The Morgan fingerprint density at radius 3 is 2.41 bits per heavy atom. The number of nitrogens with zero attached hydrogens (tertiary/aromatic N) is 5. The van der Waals surface area contributed by atoms with Crippen molar-refractivity contribution in [1.82, 2.24) is 24.6 Å². The number of likely N-dealkylation sites (N-methyl/N-ethyl adjacent to an activating group) is 1. The van der Waals surface area contributed by atoms with E-state index in [1.54, 1.807) is 0 Å². The lowest BCUT2D eigenvalue weighted by molar-refractivity contribution is 0.373. The van der Waals surface area contributed by atoms with Crippen LogP contribution in [0.1, 0.15) is 11.3 Å². The molecule has 0 aliphatic carbocycles. The van der Waals surface area contributed by atoms with E-state index in [9.17, 15) is 0 Å². The number of pyridine rings is 2. The van der Waals surface area contributed by atoms with E-state index < -0.39 is 0 Å². The molecule has 0 aliphatic rings. The average molecular weight is 444 g/mol. The normalized spacial score (nSPS) is 10.9. The van der Waals surface area contributed by atoms with Gasteiger partial charge in [-0.3, -0.25) is 9.67 Å². The number of fused-ring (bicyclic) bond motifs is 1. The van der Waals surface area contributed by atoms with Crippen molar-refractivity contribution in [2.45, 2.75) is 6.54 Å². The monoisotopic (exact) mass is 443 g/mol. The van der Waals surface area contributed by atoms with Crippen molar-refractivity contribution < 1.29 is 0 Å². The molecule has 0 N–H and O–H groups in total. The average Bonchev–Trinajstić information content (AvgIpc) is 3.31. The van der Waals surface area contributed by atoms with E-state index in [0.29, 0.717) is 0 Å². The summed E-state index contributed by atoms with van der Waals surface area (Å²) in [4.78, 5) is 11.0. The Bertz CT molecular complexity index is 1470. The lowest BCUT2D eigenvalue weighted by Gasteiger charge is -2.08. The molecule has 5 nitrogen and oxygen atoms in total. The fraction of sp³-hybridized carbons (Fsp3) is 0.138. The Morgan fingerprint density at radius 2 is 1.62 bits per heavy atom. The van der Waals surface area contributed by atoms with Gasteiger partial charge in [0.15, 0.2) is 0 Å². The maximum atomic E-state index is 4.90. The van der Waals surface area contributed by atoms with E-state index in [4.69, 9.17) is 5.10 Å². The van der Waals surface area contributed by atoms with E-state index >= 15 is 0 Å². The second kappa shape index (κ2) is 9.70. The van der Waals surface area contributed by atoms with Gasteiger partial charge < -0.3 is 4.90 Å². The van der Waals surface area contributed by atoms with Gasteiger partial charge in [0.05, 0.1) is 12.1 Å². The minimum atomic E-state index is 0.766. The second-order valence-electron chi connectivity index (χ2n) is 8.41. The Morgan fingerprint density at radius 1 is 0.824 bits per heavy atom. The van der Waals surface area contributed by atoms with Crippen LogP contribution < -0.4 is 0 Å². The lowest BCUT2D eigenvalue weighted by Crippen LogP contribution is -2.18. The van der Waals surface area contributed by atoms with E-state index in [0.717, 1.165) is 57.6 Å². The number of para-hydroxylation sites is 1. The second-order valence-corrected chi connectivity index (χ2v) is 8.41. The standard InChI is InChI=1S/C29H25N5/c1-33(2)19-20-34-21-27(23-15-17-30-18-16-23)29(32-34)25-10-7-22(8-11-25)9-13-26-14-12-24-5-3-4-6-28(24)31-26/h3-8,10-12,14-18,21H,19-20H2,1-2H3. The third-order valence-corrected chi connectivity index (χ3v) is 5.62. The van der Waals surface area contributed by atoms with Crippen LogP contribution in [-0.2, 0) is 6.54 Å². The highest BCUT2D eigenvalue weighted by Crippen LogP contribution is 2.31. The first-order chi connectivity index (χ1) is 16.7. The first-order valence-corrected chi connectivity index (χ1v) is 11.3. The molecule has 3 aromatic heterocycles. The molecule has 0 saturated heterocycles. The lowest BCUT2D eigenvalue weighted by atomic mass is 10.0. The zero-order valence-electron chi connectivity index (χ0n) is 19.3. The van der Waals surface area contributed by atoms with Gasteiger partial charge in [0, 0.05) is 47.2 Å². The molecule has 5 rings (SSSR count). The van der Waals surface area contributed by atoms with Crippen LogP contribution in [0.3, 0.4) is 0 Å². The van der Waals surface area contributed by atoms with Gasteiger partial charge in [0.2, 0.25) is 0 Å². The number of aromatic nitrogens is 4. The Balaban J connectivity index is 1.43. The van der Waals surface area contributed by atoms with Crippen molar-refractivity contribution in [2.24, 2.45) is 0 Å². The molecule has 0 aliphatic heterocycles. The summed E-state index contributed by atoms with van der Waals surface area (Å²) in [6, 6.07) is 24.4. The first-order valence-electron chi connectivity index (χ1n) is 11.3. The Hall–Kier alpha value is -4.27. The van der Waals surface area contributed by atoms with Crippen molar-refractivity contribution in [3.63, 3.8) is 0 Å². The van der Waals surface area contributed by atoms with Crippen molar-refractivity contribution in [1.29, 1.82) is 0 Å². The molecule has 0 atom stereocenters. The van der Waals surface area contributed by atoms with Crippen molar-refractivity contribution in [2.75, 3.05) is 20.6 Å². The molecular weight excluding hydrogens is 418 g/mol. The van der Waals surface area contributed by atoms with Crippen LogP contribution in [0.25, 0.3) is 33.3 Å². The van der Waals surface area contributed by atoms with Crippen LogP contribution in [0.5, 0.6) is 0 Å². The molecule has 166 valence electrons. The van der Waals surface area contributed by atoms with E-state index in [-0.39, 0.29) is 0 Å². The van der Waals surface area contributed by atoms with Gasteiger partial charge in [-0.1, -0.05) is 42.3 Å². The van der Waals surface area contributed by atoms with Gasteiger partial charge in [-0.2, -0.15) is 5.10 Å². The van der Waals surface area contributed by atoms with Crippen molar-refractivity contribution >= 4 is 10.9 Å². The fourth-order valence-electron chi connectivity index (χ4n) is 3.78. The SMILES string of the molecule is CN(C)CCn1cc(-c2ccncc2)c(-c2ccc(C#Cc3ccc4ccccc4n3)cc2)n1. The molecule has 5 heteroatoms. The van der Waals surface area contributed by atoms with E-state index in [1.807, 2.05) is 65.6 Å². The number of hydrogen-bond acceptors (Lipinski definition) is 4. The third-order valence-electron chi connectivity index (χ3n) is 5.62. The summed E-state index contributed by atoms with van der Waals surface area (Å²) in [6.07, 6.45) is 5.75. The van der Waals surface area contributed by atoms with Gasteiger partial charge in [-0.25, -0.2) is 4.98 Å². The molecule has 0 unspecified atom stereocenters. The highest BCUT2D eigenvalue weighted by atomic mass is 15.3. The first kappa shape index (κ1) is 21.6. The molecule has 0 amide bonds. The van der Waals surface area contributed by atoms with Gasteiger partial charge in [-0.15, -0.1) is 0 Å². The summed E-state index contributed by atoms with van der Waals surface area (Å²) in [5.74, 6) is 6.43. The quantitative estimate of drug-likeness (QED) is 0.354. The molecule has 0 fully saturated rings. The zero-order valence-corrected chi connectivity index (χ0v) is 19.3. The maximum absolute atomic E-state index is 4.90. The molecule has 0 spiro atoms. The zero-order chi connectivity index (χ0) is 23.3. The third kappa shape index (κ3) is 4.88. The Labute approximate surface area is 199 Å². The van der Waals surface area contributed by atoms with Crippen LogP contribution in [0.15, 0.2) is 91.4 Å². The van der Waals surface area contributed by atoms with Crippen LogP contribution in [0, 0.1) is 11.8 Å². The molecule has 0 radical (unpaired) electrons. The minimum Gasteiger partial charge on any atom is -0.308 e. The molecule has 5 aromatic rings. The van der Waals surface area contributed by atoms with Crippen LogP contribution in [-0.4, -0.2) is 45.3 Å². The highest BCUT2D eigenvalue weighted by Gasteiger charge is 2.13. The number of benzene rings is 2. The van der Waals surface area contributed by atoms with Crippen LogP contribution in [0.2, 0.25) is 0 Å². The van der Waals surface area contributed by atoms with Gasteiger partial charge in [0.25, 0.3) is 0 Å². The predicted molar refractivity (Wildman–Crippen MR) is 137 cm³/mol. The summed E-state index contributed by atoms with van der Waals surface area (Å²) in [5.41, 5.74) is 6.88. The number of hydrogen-bond donors (Lipinski definition) is 0. The van der Waals surface area contributed by atoms with E-state index in [1.165, 1.54) is 0 Å². The Kier molecular flexibility index (Phi) is 6.15. The maximum Gasteiger partial charge on any atom is 0.114 e. The largest absolute Gasteiger partial charge is 0.308 e. The molecule has 3 heterocycles. The molecule has 2 aromatic carbocycles.